The molecule has 0 saturated carbocycles. The van der Waals surface area contributed by atoms with Crippen LogP contribution >= 0.6 is 15.9 Å². The normalized spacial score (nSPS) is 17.2. The number of imide groups is 2. The van der Waals surface area contributed by atoms with E-state index in [9.17, 15) is 14.4 Å². The van der Waals surface area contributed by atoms with Gasteiger partial charge in [0.25, 0.3) is 0 Å². The first-order valence-corrected chi connectivity index (χ1v) is 8.43. The average molecular weight is 397 g/mol. The topological polar surface area (TPSA) is 76.2 Å². The van der Waals surface area contributed by atoms with Crippen molar-refractivity contribution < 1.29 is 23.9 Å². The maximum absolute atomic E-state index is 12.4. The van der Waals surface area contributed by atoms with Crippen LogP contribution in [0.15, 0.2) is 16.6 Å². The number of hydrogen-bond acceptors (Lipinski definition) is 5. The number of urea groups is 1. The van der Waals surface area contributed by atoms with Gasteiger partial charge >= 0.3 is 17.8 Å². The van der Waals surface area contributed by atoms with Crippen LogP contribution in [-0.2, 0) is 16.1 Å². The Morgan fingerprint density at radius 3 is 2.25 bits per heavy atom. The predicted molar refractivity (Wildman–Crippen MR) is 87.6 cm³/mol. The second-order valence-electron chi connectivity index (χ2n) is 6.07. The maximum Gasteiger partial charge on any atom is 0.334 e. The number of hydrogen-bond donors (Lipinski definition) is 0. The van der Waals surface area contributed by atoms with E-state index < -0.39 is 17.8 Å². The minimum Gasteiger partial charge on any atom is -0.486 e. The van der Waals surface area contributed by atoms with Crippen LogP contribution in [0, 0.1) is 5.92 Å². The largest absolute Gasteiger partial charge is 0.486 e. The third kappa shape index (κ3) is 2.98. The molecule has 2 aliphatic rings. The monoisotopic (exact) mass is 396 g/mol. The molecular formula is C16H17BrN2O5. The number of nitrogens with zero attached hydrogens (tertiary/aromatic N) is 2. The Morgan fingerprint density at radius 1 is 1.04 bits per heavy atom. The summed E-state index contributed by atoms with van der Waals surface area (Å²) < 4.78 is 11.7. The van der Waals surface area contributed by atoms with Gasteiger partial charge in [-0.1, -0.05) is 29.8 Å². The summed E-state index contributed by atoms with van der Waals surface area (Å²) >= 11 is 3.41. The third-order valence-corrected chi connectivity index (χ3v) is 4.46. The van der Waals surface area contributed by atoms with Gasteiger partial charge in [0.2, 0.25) is 0 Å². The SMILES string of the molecule is CC(C)CN1C(=O)C(=O)N(Cc2cc3c(cc2Br)OCCO3)C1=O. The molecule has 1 aromatic carbocycles. The molecule has 0 bridgehead atoms. The van der Waals surface area contributed by atoms with Crippen LogP contribution in [0.25, 0.3) is 0 Å². The molecular weight excluding hydrogens is 380 g/mol. The molecule has 0 radical (unpaired) electrons. The van der Waals surface area contributed by atoms with Gasteiger partial charge in [0, 0.05) is 11.0 Å². The molecule has 0 N–H and O–H groups in total. The highest BCUT2D eigenvalue weighted by Crippen LogP contribution is 2.36. The van der Waals surface area contributed by atoms with Crippen molar-refractivity contribution in [1.29, 1.82) is 0 Å². The van der Waals surface area contributed by atoms with Crippen molar-refractivity contribution in [3.8, 4) is 11.5 Å². The molecule has 128 valence electrons. The Hall–Kier alpha value is -2.09. The summed E-state index contributed by atoms with van der Waals surface area (Å²) in [6, 6.07) is 2.87. The van der Waals surface area contributed by atoms with Crippen LogP contribution in [0.1, 0.15) is 19.4 Å². The lowest BCUT2D eigenvalue weighted by atomic mass is 10.2. The molecule has 24 heavy (non-hydrogen) atoms. The second kappa shape index (κ2) is 6.43. The maximum atomic E-state index is 12.4. The van der Waals surface area contributed by atoms with E-state index in [-0.39, 0.29) is 19.0 Å². The minimum atomic E-state index is -0.803. The van der Waals surface area contributed by atoms with Crippen LogP contribution in [-0.4, -0.2) is 47.4 Å². The average Bonchev–Trinajstić information content (AvgIpc) is 2.73. The molecule has 0 atom stereocenters. The van der Waals surface area contributed by atoms with Gasteiger partial charge in [-0.25, -0.2) is 4.79 Å². The van der Waals surface area contributed by atoms with E-state index >= 15 is 0 Å². The fourth-order valence-corrected chi connectivity index (χ4v) is 3.06. The Bertz CT molecular complexity index is 719. The molecule has 0 aliphatic carbocycles. The highest BCUT2D eigenvalue weighted by atomic mass is 79.9. The molecule has 1 aromatic rings. The van der Waals surface area contributed by atoms with Gasteiger partial charge in [0.05, 0.1) is 6.54 Å². The van der Waals surface area contributed by atoms with E-state index in [0.717, 1.165) is 9.80 Å². The van der Waals surface area contributed by atoms with E-state index in [1.807, 2.05) is 13.8 Å². The van der Waals surface area contributed by atoms with Crippen LogP contribution in [0.3, 0.4) is 0 Å². The summed E-state index contributed by atoms with van der Waals surface area (Å²) in [6.45, 7) is 4.89. The molecule has 4 amide bonds. The first-order valence-electron chi connectivity index (χ1n) is 7.64. The molecule has 0 unspecified atom stereocenters. The van der Waals surface area contributed by atoms with Gasteiger partial charge in [0.15, 0.2) is 11.5 Å². The molecule has 1 saturated heterocycles. The van der Waals surface area contributed by atoms with Crippen molar-refractivity contribution in [2.24, 2.45) is 5.92 Å². The fourth-order valence-electron chi connectivity index (χ4n) is 2.61. The van der Waals surface area contributed by atoms with Gasteiger partial charge in [-0.3, -0.25) is 19.4 Å². The van der Waals surface area contributed by atoms with E-state index in [0.29, 0.717) is 34.7 Å². The summed E-state index contributed by atoms with van der Waals surface area (Å²) in [5.74, 6) is -0.325. The van der Waals surface area contributed by atoms with E-state index in [4.69, 9.17) is 9.47 Å². The first kappa shape index (κ1) is 16.8. The van der Waals surface area contributed by atoms with Crippen molar-refractivity contribution in [2.75, 3.05) is 19.8 Å². The fraction of sp³-hybridized carbons (Fsp3) is 0.438. The van der Waals surface area contributed by atoms with E-state index in [1.54, 1.807) is 12.1 Å². The van der Waals surface area contributed by atoms with Crippen LogP contribution in [0.2, 0.25) is 0 Å². The highest BCUT2D eigenvalue weighted by Gasteiger charge is 2.44. The lowest BCUT2D eigenvalue weighted by Crippen LogP contribution is -2.35. The Labute approximate surface area is 147 Å². The van der Waals surface area contributed by atoms with Gasteiger partial charge in [-0.15, -0.1) is 0 Å². The Kier molecular flexibility index (Phi) is 4.49. The van der Waals surface area contributed by atoms with Crippen LogP contribution in [0.4, 0.5) is 4.79 Å². The van der Waals surface area contributed by atoms with Crippen molar-refractivity contribution in [2.45, 2.75) is 20.4 Å². The molecule has 8 heteroatoms. The predicted octanol–water partition coefficient (Wildman–Crippen LogP) is 2.17. The lowest BCUT2D eigenvalue weighted by molar-refractivity contribution is -0.143. The van der Waals surface area contributed by atoms with E-state index in [1.165, 1.54) is 0 Å². The van der Waals surface area contributed by atoms with Gasteiger partial charge in [-0.05, 0) is 23.6 Å². The number of carbonyl (C=O) groups excluding carboxylic acids is 3. The van der Waals surface area contributed by atoms with Crippen LogP contribution < -0.4 is 9.47 Å². The summed E-state index contributed by atoms with van der Waals surface area (Å²) in [7, 11) is 0. The van der Waals surface area contributed by atoms with Crippen LogP contribution in [0.5, 0.6) is 11.5 Å². The Morgan fingerprint density at radius 2 is 1.62 bits per heavy atom. The zero-order chi connectivity index (χ0) is 17.4. The van der Waals surface area contributed by atoms with Gasteiger partial charge in [0.1, 0.15) is 13.2 Å². The number of rotatable bonds is 4. The van der Waals surface area contributed by atoms with Gasteiger partial charge < -0.3 is 9.47 Å². The zero-order valence-corrected chi connectivity index (χ0v) is 15.0. The molecule has 1 fully saturated rings. The highest BCUT2D eigenvalue weighted by molar-refractivity contribution is 9.10. The quantitative estimate of drug-likeness (QED) is 0.575. The summed E-state index contributed by atoms with van der Waals surface area (Å²) in [5, 5.41) is 0. The molecule has 3 rings (SSSR count). The Balaban J connectivity index is 1.84. The van der Waals surface area contributed by atoms with Crippen molar-refractivity contribution >= 4 is 33.8 Å². The summed E-state index contributed by atoms with van der Waals surface area (Å²) in [4.78, 5) is 38.5. The van der Waals surface area contributed by atoms with Crippen molar-refractivity contribution in [3.05, 3.63) is 22.2 Å². The summed E-state index contributed by atoms with van der Waals surface area (Å²) in [6.07, 6.45) is 0. The van der Waals surface area contributed by atoms with Crippen molar-refractivity contribution in [3.63, 3.8) is 0 Å². The number of fused-ring (bicyclic) bond motifs is 1. The summed E-state index contributed by atoms with van der Waals surface area (Å²) in [5.41, 5.74) is 0.667. The standard InChI is InChI=1S/C16H17BrN2O5/c1-9(2)7-18-14(20)15(21)19(16(18)22)8-10-5-12-13(6-11(10)17)24-4-3-23-12/h5-6,9H,3-4,7-8H2,1-2H3. The molecule has 0 aromatic heterocycles. The number of amides is 4. The smallest absolute Gasteiger partial charge is 0.334 e. The van der Waals surface area contributed by atoms with Crippen molar-refractivity contribution in [1.82, 2.24) is 9.80 Å². The lowest BCUT2D eigenvalue weighted by Gasteiger charge is -2.21. The molecule has 2 heterocycles. The molecule has 0 spiro atoms. The minimum absolute atomic E-state index is 0.00474. The first-order chi connectivity index (χ1) is 11.4. The van der Waals surface area contributed by atoms with E-state index in [2.05, 4.69) is 15.9 Å². The zero-order valence-electron chi connectivity index (χ0n) is 13.4. The third-order valence-electron chi connectivity index (χ3n) is 3.72. The number of benzene rings is 1. The molecule has 7 nitrogen and oxygen atoms in total. The number of carbonyl (C=O) groups is 3. The number of halogens is 1. The molecule has 2 aliphatic heterocycles. The van der Waals surface area contributed by atoms with Gasteiger partial charge in [-0.2, -0.15) is 0 Å². The number of ether oxygens (including phenoxy) is 2. The second-order valence-corrected chi connectivity index (χ2v) is 6.93.